The zero-order chi connectivity index (χ0) is 24.1. The molecule has 0 aliphatic rings. The number of aromatic nitrogens is 3. The van der Waals surface area contributed by atoms with Crippen LogP contribution in [0.2, 0.25) is 0 Å². The largest absolute Gasteiger partial charge is 0.382 e. The Morgan fingerprint density at radius 1 is 1.06 bits per heavy atom. The average Bonchev–Trinajstić information content (AvgIpc) is 3.18. The molecule has 2 aromatic carbocycles. The molecule has 0 saturated heterocycles. The highest BCUT2D eigenvalue weighted by Gasteiger charge is 2.16. The standard InChI is InChI=1S/C25H30N8O/c1-2-7-20-32-21-22(18-8-3-4-9-19(18)31-23(21)26)33(20)15-6-5-14-29-24(34)16-10-12-17(13-11-16)30-25(27)28/h3-4,8-13H,2,5-7,14-15H2,1H3,(H2,26,31)(H,29,34)(H4,27,28,30). The number of para-hydroxylation sites is 1. The maximum Gasteiger partial charge on any atom is 0.251 e. The zero-order valence-corrected chi connectivity index (χ0v) is 19.3. The number of guanidine groups is 1. The number of nitrogens with two attached hydrogens (primary N) is 3. The van der Waals surface area contributed by atoms with E-state index in [0.717, 1.165) is 60.0 Å². The summed E-state index contributed by atoms with van der Waals surface area (Å²) in [5, 5.41) is 4.03. The van der Waals surface area contributed by atoms with Crippen LogP contribution in [0.4, 0.5) is 11.5 Å². The Bertz CT molecular complexity index is 1340. The summed E-state index contributed by atoms with van der Waals surface area (Å²) in [5.41, 5.74) is 20.8. The number of nitrogens with zero attached hydrogens (tertiary/aromatic N) is 4. The molecule has 0 aliphatic carbocycles. The van der Waals surface area contributed by atoms with Gasteiger partial charge in [-0.2, -0.15) is 0 Å². The molecule has 4 aromatic rings. The first-order valence-electron chi connectivity index (χ1n) is 11.5. The Labute approximate surface area is 198 Å². The van der Waals surface area contributed by atoms with Gasteiger partial charge in [-0.1, -0.05) is 25.1 Å². The van der Waals surface area contributed by atoms with Gasteiger partial charge in [-0.3, -0.25) is 4.79 Å². The van der Waals surface area contributed by atoms with Crippen molar-refractivity contribution >= 4 is 45.3 Å². The summed E-state index contributed by atoms with van der Waals surface area (Å²) in [5.74, 6) is 1.34. The van der Waals surface area contributed by atoms with Crippen LogP contribution in [0, 0.1) is 0 Å². The highest BCUT2D eigenvalue weighted by Crippen LogP contribution is 2.29. The molecule has 7 N–H and O–H groups in total. The molecule has 0 saturated carbocycles. The fourth-order valence-electron chi connectivity index (χ4n) is 4.10. The Morgan fingerprint density at radius 3 is 2.56 bits per heavy atom. The molecule has 176 valence electrons. The van der Waals surface area contributed by atoms with Crippen molar-refractivity contribution in [2.45, 2.75) is 39.2 Å². The molecular weight excluding hydrogens is 428 g/mol. The number of anilines is 1. The molecule has 2 heterocycles. The molecule has 0 bridgehead atoms. The molecular formula is C25H30N8O. The maximum atomic E-state index is 12.4. The van der Waals surface area contributed by atoms with Crippen LogP contribution in [0.25, 0.3) is 21.9 Å². The van der Waals surface area contributed by atoms with Crippen molar-refractivity contribution < 1.29 is 4.79 Å². The van der Waals surface area contributed by atoms with Gasteiger partial charge in [0, 0.05) is 30.5 Å². The summed E-state index contributed by atoms with van der Waals surface area (Å²) in [6.07, 6.45) is 3.59. The first-order chi connectivity index (χ1) is 16.5. The number of aliphatic imine (C=N–C) groups is 1. The monoisotopic (exact) mass is 458 g/mol. The van der Waals surface area contributed by atoms with Crippen LogP contribution in [-0.2, 0) is 13.0 Å². The van der Waals surface area contributed by atoms with E-state index in [2.05, 4.69) is 32.9 Å². The van der Waals surface area contributed by atoms with E-state index in [9.17, 15) is 4.79 Å². The highest BCUT2D eigenvalue weighted by molar-refractivity contribution is 6.06. The summed E-state index contributed by atoms with van der Waals surface area (Å²) in [6.45, 7) is 3.51. The summed E-state index contributed by atoms with van der Waals surface area (Å²) < 4.78 is 2.27. The van der Waals surface area contributed by atoms with Crippen LogP contribution in [0.5, 0.6) is 0 Å². The molecule has 0 aliphatic heterocycles. The van der Waals surface area contributed by atoms with E-state index in [1.54, 1.807) is 24.3 Å². The molecule has 34 heavy (non-hydrogen) atoms. The number of carbonyl (C=O) groups is 1. The van der Waals surface area contributed by atoms with Crippen LogP contribution in [-0.4, -0.2) is 32.9 Å². The lowest BCUT2D eigenvalue weighted by Crippen LogP contribution is -2.24. The smallest absolute Gasteiger partial charge is 0.251 e. The Morgan fingerprint density at radius 2 is 1.82 bits per heavy atom. The van der Waals surface area contributed by atoms with Gasteiger partial charge >= 0.3 is 0 Å². The van der Waals surface area contributed by atoms with Crippen LogP contribution in [0.15, 0.2) is 53.5 Å². The molecule has 9 heteroatoms. The van der Waals surface area contributed by atoms with Gasteiger partial charge in [0.15, 0.2) is 11.8 Å². The number of hydrogen-bond acceptors (Lipinski definition) is 5. The van der Waals surface area contributed by atoms with E-state index >= 15 is 0 Å². The van der Waals surface area contributed by atoms with Gasteiger partial charge in [0.05, 0.1) is 16.7 Å². The second-order valence-corrected chi connectivity index (χ2v) is 8.19. The van der Waals surface area contributed by atoms with E-state index in [1.165, 1.54) is 0 Å². The molecule has 0 spiro atoms. The normalized spacial score (nSPS) is 11.1. The maximum absolute atomic E-state index is 12.4. The third-order valence-corrected chi connectivity index (χ3v) is 5.64. The van der Waals surface area contributed by atoms with Gasteiger partial charge in [-0.05, 0) is 49.6 Å². The van der Waals surface area contributed by atoms with Crippen molar-refractivity contribution in [2.24, 2.45) is 16.5 Å². The minimum Gasteiger partial charge on any atom is -0.382 e. The lowest BCUT2D eigenvalue weighted by atomic mass is 10.1. The van der Waals surface area contributed by atoms with Gasteiger partial charge < -0.3 is 27.1 Å². The topological polar surface area (TPSA) is 150 Å². The summed E-state index contributed by atoms with van der Waals surface area (Å²) in [6, 6.07) is 14.8. The summed E-state index contributed by atoms with van der Waals surface area (Å²) >= 11 is 0. The highest BCUT2D eigenvalue weighted by atomic mass is 16.1. The molecule has 0 fully saturated rings. The van der Waals surface area contributed by atoms with Gasteiger partial charge in [-0.25, -0.2) is 15.0 Å². The second kappa shape index (κ2) is 10.2. The first-order valence-corrected chi connectivity index (χ1v) is 11.5. The second-order valence-electron chi connectivity index (χ2n) is 8.19. The zero-order valence-electron chi connectivity index (χ0n) is 19.3. The summed E-state index contributed by atoms with van der Waals surface area (Å²) in [7, 11) is 0. The number of nitrogen functional groups attached to an aromatic ring is 1. The number of fused-ring (bicyclic) bond motifs is 3. The van der Waals surface area contributed by atoms with Crippen molar-refractivity contribution in [3.05, 3.63) is 59.9 Å². The number of benzene rings is 2. The molecule has 9 nitrogen and oxygen atoms in total. The van der Waals surface area contributed by atoms with E-state index in [4.69, 9.17) is 22.2 Å². The molecule has 4 rings (SSSR count). The molecule has 0 unspecified atom stereocenters. The van der Waals surface area contributed by atoms with Crippen LogP contribution >= 0.6 is 0 Å². The third kappa shape index (κ3) is 4.93. The van der Waals surface area contributed by atoms with Gasteiger partial charge in [-0.15, -0.1) is 0 Å². The molecule has 2 aromatic heterocycles. The average molecular weight is 459 g/mol. The van der Waals surface area contributed by atoms with Gasteiger partial charge in [0.25, 0.3) is 5.91 Å². The van der Waals surface area contributed by atoms with E-state index in [-0.39, 0.29) is 11.9 Å². The van der Waals surface area contributed by atoms with Crippen LogP contribution in [0.3, 0.4) is 0 Å². The number of imidazole rings is 1. The number of unbranched alkanes of at least 4 members (excludes halogenated alkanes) is 1. The Kier molecular flexibility index (Phi) is 6.91. The number of carbonyl (C=O) groups excluding carboxylic acids is 1. The number of hydrogen-bond donors (Lipinski definition) is 4. The lowest BCUT2D eigenvalue weighted by Gasteiger charge is -2.11. The SMILES string of the molecule is CCCc1nc2c(N)nc3ccccc3c2n1CCCCNC(=O)c1ccc(N=C(N)N)cc1. The van der Waals surface area contributed by atoms with Crippen molar-refractivity contribution in [3.8, 4) is 0 Å². The number of rotatable bonds is 9. The van der Waals surface area contributed by atoms with Crippen LogP contribution in [0.1, 0.15) is 42.4 Å². The van der Waals surface area contributed by atoms with Crippen molar-refractivity contribution in [3.63, 3.8) is 0 Å². The Balaban J connectivity index is 1.42. The molecule has 0 atom stereocenters. The predicted octanol–water partition coefficient (Wildman–Crippen LogP) is 3.23. The molecule has 1 amide bonds. The lowest BCUT2D eigenvalue weighted by molar-refractivity contribution is 0.0953. The van der Waals surface area contributed by atoms with Crippen LogP contribution < -0.4 is 22.5 Å². The minimum absolute atomic E-state index is 0.0167. The van der Waals surface area contributed by atoms with E-state index in [1.807, 2.05) is 18.2 Å². The molecule has 0 radical (unpaired) electrons. The van der Waals surface area contributed by atoms with Crippen molar-refractivity contribution in [2.75, 3.05) is 12.3 Å². The fraction of sp³-hybridized carbons (Fsp3) is 0.280. The van der Waals surface area contributed by atoms with E-state index < -0.39 is 0 Å². The quantitative estimate of drug-likeness (QED) is 0.172. The summed E-state index contributed by atoms with van der Waals surface area (Å²) in [4.78, 5) is 25.7. The number of amides is 1. The minimum atomic E-state index is -0.124. The van der Waals surface area contributed by atoms with Crippen molar-refractivity contribution in [1.29, 1.82) is 0 Å². The first kappa shape index (κ1) is 23.0. The fourth-order valence-corrected chi connectivity index (χ4v) is 4.10. The van der Waals surface area contributed by atoms with Gasteiger partial charge in [0.2, 0.25) is 0 Å². The number of nitrogens with one attached hydrogen (secondary N) is 1. The predicted molar refractivity (Wildman–Crippen MR) is 137 cm³/mol. The Hall–Kier alpha value is -4.14. The third-order valence-electron chi connectivity index (χ3n) is 5.64. The van der Waals surface area contributed by atoms with Gasteiger partial charge in [0.1, 0.15) is 11.3 Å². The number of aryl methyl sites for hydroxylation is 2. The van der Waals surface area contributed by atoms with Crippen molar-refractivity contribution in [1.82, 2.24) is 19.9 Å². The van der Waals surface area contributed by atoms with E-state index in [0.29, 0.717) is 23.6 Å². The number of pyridine rings is 1.